The van der Waals surface area contributed by atoms with Crippen LogP contribution in [0.3, 0.4) is 0 Å². The number of pyridine rings is 1. The monoisotopic (exact) mass is 804 g/mol. The van der Waals surface area contributed by atoms with Crippen LogP contribution in [0, 0.1) is 20.8 Å². The van der Waals surface area contributed by atoms with Crippen LogP contribution in [-0.2, 0) is 37.5 Å². The van der Waals surface area contributed by atoms with Crippen LogP contribution >= 0.6 is 10.9 Å². The Morgan fingerprint density at radius 1 is 0.982 bits per heavy atom. The van der Waals surface area contributed by atoms with Gasteiger partial charge in [-0.25, -0.2) is 13.4 Å². The fraction of sp³-hybridized carbons (Fsp3) is 0.353. The molecule has 10 N–H and O–H groups in total. The second-order valence-electron chi connectivity index (χ2n) is 12.9. The number of carbonyl (C=O) groups is 4. The fourth-order valence-corrected chi connectivity index (χ4v) is 8.31. The summed E-state index contributed by atoms with van der Waals surface area (Å²) in [6.07, 6.45) is 4.67. The summed E-state index contributed by atoms with van der Waals surface area (Å²) in [6, 6.07) is 4.97. The number of amides is 3. The molecule has 0 bridgehead atoms. The highest BCUT2D eigenvalue weighted by molar-refractivity contribution is 8.19. The Hall–Kier alpha value is -5.32. The minimum Gasteiger partial charge on any atom is -0.480 e. The summed E-state index contributed by atoms with van der Waals surface area (Å²) in [6.45, 7) is 5.77. The molecule has 4 aromatic rings. The Labute approximate surface area is 317 Å². The molecule has 2 atom stereocenters. The molecule has 2 aromatic heterocycles. The highest BCUT2D eigenvalue weighted by atomic mass is 32.3. The summed E-state index contributed by atoms with van der Waals surface area (Å²) in [5.74, 6) is -4.29. The number of rotatable bonds is 18. The highest BCUT2D eigenvalue weighted by Crippen LogP contribution is 2.33. The molecule has 4 rings (SSSR count). The number of aliphatic carboxylic acids is 1. The van der Waals surface area contributed by atoms with E-state index < -0.39 is 74.4 Å². The van der Waals surface area contributed by atoms with E-state index in [1.54, 1.807) is 62.0 Å². The zero-order valence-corrected chi connectivity index (χ0v) is 32.0. The van der Waals surface area contributed by atoms with Crippen molar-refractivity contribution < 1.29 is 46.4 Å². The van der Waals surface area contributed by atoms with Crippen LogP contribution in [-0.4, -0.2) is 96.3 Å². The van der Waals surface area contributed by atoms with Gasteiger partial charge in [0.15, 0.2) is 5.95 Å². The lowest BCUT2D eigenvalue weighted by Crippen LogP contribution is -2.49. The normalized spacial score (nSPS) is 13.1. The average molecular weight is 805 g/mol. The average Bonchev–Trinajstić information content (AvgIpc) is 3.60. The van der Waals surface area contributed by atoms with E-state index in [0.29, 0.717) is 29.1 Å². The molecule has 21 heteroatoms. The molecule has 0 saturated carbocycles. The summed E-state index contributed by atoms with van der Waals surface area (Å²) >= 11 is 0. The molecule has 0 saturated heterocycles. The Morgan fingerprint density at radius 2 is 1.67 bits per heavy atom. The molecule has 0 aliphatic carbocycles. The molecule has 0 radical (unpaired) electrons. The SMILES string of the molecule is CC(=O)N[C@@H](CS(O)(O)O)C(=O)NCCCn1cc(C(=O)NC[C@H](NS(=O)(=O)c2c(C)cc(C)cc2C)C(=O)O)c(=O)c2ccc(CNc3ncc[nH]3)cc21. The van der Waals surface area contributed by atoms with Gasteiger partial charge in [-0.1, -0.05) is 23.8 Å². The van der Waals surface area contributed by atoms with E-state index in [9.17, 15) is 51.2 Å². The quantitative estimate of drug-likeness (QED) is 0.0641. The number of aromatic nitrogens is 3. The van der Waals surface area contributed by atoms with Gasteiger partial charge < -0.3 is 49.6 Å². The number of imidazole rings is 1. The Kier molecular flexibility index (Phi) is 13.8. The lowest BCUT2D eigenvalue weighted by Gasteiger charge is -2.25. The van der Waals surface area contributed by atoms with Crippen molar-refractivity contribution >= 4 is 61.4 Å². The third-order valence-electron chi connectivity index (χ3n) is 8.24. The predicted molar refractivity (Wildman–Crippen MR) is 204 cm³/mol. The number of nitrogens with zero attached hydrogens (tertiary/aromatic N) is 2. The maximum atomic E-state index is 13.7. The van der Waals surface area contributed by atoms with Crippen molar-refractivity contribution in [2.75, 3.05) is 24.2 Å². The number of carboxylic acid groups (broad SMARTS) is 1. The molecule has 0 spiro atoms. The van der Waals surface area contributed by atoms with E-state index in [-0.39, 0.29) is 35.4 Å². The van der Waals surface area contributed by atoms with E-state index >= 15 is 0 Å². The number of sulfonamides is 1. The summed E-state index contributed by atoms with van der Waals surface area (Å²) in [4.78, 5) is 70.6. The highest BCUT2D eigenvalue weighted by Gasteiger charge is 2.30. The topological polar surface area (TPSA) is 294 Å². The van der Waals surface area contributed by atoms with Gasteiger partial charge in [0.05, 0.1) is 27.0 Å². The van der Waals surface area contributed by atoms with Crippen LogP contribution in [0.25, 0.3) is 10.9 Å². The first kappa shape index (κ1) is 42.4. The van der Waals surface area contributed by atoms with Crippen molar-refractivity contribution in [3.63, 3.8) is 0 Å². The standard InChI is InChI=1S/C34H44N8O11S2/c1-19-12-20(2)30(21(3)13-19)55(52,53)41-26(33(47)48)16-38-31(45)25-17-42(11-5-8-35-32(46)27(40-22(4)43)18-54(49,50)51)28-14-23(6-7-24(28)29(25)44)15-39-34-36-9-10-37-34/h6-7,9-10,12-14,17,26-27,41,49-51H,5,8,11,15-16,18H2,1-4H3,(H,35,46)(H,38,45)(H,40,43)(H,47,48)(H2,36,37,39)/t26-,27-/m0/s1. The number of aromatic amines is 1. The molecule has 0 aliphatic heterocycles. The molecule has 3 amide bonds. The summed E-state index contributed by atoms with van der Waals surface area (Å²) in [5, 5.41) is 20.3. The van der Waals surface area contributed by atoms with Crippen LogP contribution in [0.4, 0.5) is 5.95 Å². The number of aryl methyl sites for hydroxylation is 4. The van der Waals surface area contributed by atoms with Crippen molar-refractivity contribution in [2.45, 2.75) is 64.2 Å². The third kappa shape index (κ3) is 11.6. The van der Waals surface area contributed by atoms with Crippen molar-refractivity contribution in [3.8, 4) is 0 Å². The van der Waals surface area contributed by atoms with E-state index in [0.717, 1.165) is 18.1 Å². The lowest BCUT2D eigenvalue weighted by molar-refractivity contribution is -0.138. The molecule has 298 valence electrons. The van der Waals surface area contributed by atoms with Crippen LogP contribution in [0.15, 0.2) is 58.6 Å². The van der Waals surface area contributed by atoms with Crippen LogP contribution in [0.2, 0.25) is 0 Å². The second-order valence-corrected chi connectivity index (χ2v) is 16.1. The van der Waals surface area contributed by atoms with Gasteiger partial charge in [0.1, 0.15) is 17.6 Å². The van der Waals surface area contributed by atoms with Gasteiger partial charge in [-0.05, 0) is 56.0 Å². The first-order chi connectivity index (χ1) is 25.8. The molecule has 0 aliphatic rings. The van der Waals surface area contributed by atoms with Gasteiger partial charge in [-0.15, -0.1) is 0 Å². The molecular formula is C34H44N8O11S2. The van der Waals surface area contributed by atoms with E-state index in [4.69, 9.17) is 0 Å². The van der Waals surface area contributed by atoms with Crippen molar-refractivity contribution in [1.29, 1.82) is 0 Å². The van der Waals surface area contributed by atoms with Gasteiger partial charge in [0.2, 0.25) is 27.3 Å². The Morgan fingerprint density at radius 3 is 2.27 bits per heavy atom. The van der Waals surface area contributed by atoms with Crippen LogP contribution in [0.1, 0.15) is 46.0 Å². The van der Waals surface area contributed by atoms with Crippen molar-refractivity contribution in [1.82, 2.24) is 35.2 Å². The predicted octanol–water partition coefficient (Wildman–Crippen LogP) is 1.66. The Balaban J connectivity index is 1.58. The summed E-state index contributed by atoms with van der Waals surface area (Å²) < 4.78 is 58.6. The summed E-state index contributed by atoms with van der Waals surface area (Å²) in [5.41, 5.74) is 1.74. The van der Waals surface area contributed by atoms with Crippen LogP contribution < -0.4 is 31.4 Å². The number of benzene rings is 2. The number of nitrogens with one attached hydrogen (secondary N) is 6. The zero-order valence-electron chi connectivity index (χ0n) is 30.4. The number of hydrogen-bond donors (Lipinski definition) is 10. The summed E-state index contributed by atoms with van der Waals surface area (Å²) in [7, 11) is -8.47. The number of carbonyl (C=O) groups excluding carboxylic acids is 3. The zero-order chi connectivity index (χ0) is 40.7. The number of anilines is 1. The third-order valence-corrected chi connectivity index (χ3v) is 10.8. The van der Waals surface area contributed by atoms with Gasteiger partial charge in [-0.3, -0.25) is 24.0 Å². The van der Waals surface area contributed by atoms with Gasteiger partial charge >= 0.3 is 5.97 Å². The van der Waals surface area contributed by atoms with Crippen molar-refractivity contribution in [3.05, 3.63) is 87.0 Å². The van der Waals surface area contributed by atoms with Gasteiger partial charge in [0.25, 0.3) is 5.91 Å². The molecular weight excluding hydrogens is 761 g/mol. The van der Waals surface area contributed by atoms with E-state index in [1.807, 2.05) is 0 Å². The molecule has 19 nitrogen and oxygen atoms in total. The first-order valence-corrected chi connectivity index (χ1v) is 19.9. The van der Waals surface area contributed by atoms with Gasteiger partial charge in [0, 0.05) is 57.1 Å². The minimum atomic E-state index is -4.35. The molecule has 2 aromatic carbocycles. The van der Waals surface area contributed by atoms with Crippen LogP contribution in [0.5, 0.6) is 0 Å². The lowest BCUT2D eigenvalue weighted by atomic mass is 10.1. The number of carboxylic acids is 1. The number of H-pyrrole nitrogens is 1. The maximum absolute atomic E-state index is 13.7. The second kappa shape index (κ2) is 17.9. The van der Waals surface area contributed by atoms with E-state index in [1.165, 1.54) is 12.3 Å². The first-order valence-electron chi connectivity index (χ1n) is 16.8. The molecule has 0 unspecified atom stereocenters. The largest absolute Gasteiger partial charge is 0.480 e. The maximum Gasteiger partial charge on any atom is 0.323 e. The minimum absolute atomic E-state index is 0.0191. The van der Waals surface area contributed by atoms with E-state index in [2.05, 4.69) is 36.0 Å². The number of hydrogen-bond acceptors (Lipinski definition) is 12. The van der Waals surface area contributed by atoms with Crippen molar-refractivity contribution in [2.24, 2.45) is 0 Å². The van der Waals surface area contributed by atoms with Gasteiger partial charge in [-0.2, -0.15) is 4.72 Å². The number of fused-ring (bicyclic) bond motifs is 1. The Bertz CT molecular complexity index is 2210. The molecule has 2 heterocycles. The molecule has 0 fully saturated rings. The smallest absolute Gasteiger partial charge is 0.323 e. The molecule has 55 heavy (non-hydrogen) atoms. The fourth-order valence-electron chi connectivity index (χ4n) is 5.98.